The maximum atomic E-state index is 6.30. The summed E-state index contributed by atoms with van der Waals surface area (Å²) in [6, 6.07) is 8.76. The number of rotatable bonds is 4. The van der Waals surface area contributed by atoms with Crippen LogP contribution in [0.1, 0.15) is 49.7 Å². The molecule has 2 heteroatoms. The first-order valence-corrected chi connectivity index (χ1v) is 7.70. The van der Waals surface area contributed by atoms with Gasteiger partial charge in [-0.15, -0.1) is 0 Å². The van der Waals surface area contributed by atoms with E-state index in [1.807, 2.05) is 0 Å². The first kappa shape index (κ1) is 13.1. The van der Waals surface area contributed by atoms with Gasteiger partial charge >= 0.3 is 0 Å². The summed E-state index contributed by atoms with van der Waals surface area (Å²) in [5.41, 5.74) is 2.96. The molecular weight excluding hydrogens is 234 g/mol. The van der Waals surface area contributed by atoms with Crippen molar-refractivity contribution in [3.05, 3.63) is 35.4 Å². The van der Waals surface area contributed by atoms with Gasteiger partial charge in [-0.1, -0.05) is 42.7 Å². The Labute approximate surface area is 116 Å². The number of hydrogen-bond acceptors (Lipinski definition) is 2. The van der Waals surface area contributed by atoms with Crippen molar-refractivity contribution in [1.82, 2.24) is 5.32 Å². The lowest BCUT2D eigenvalue weighted by Crippen LogP contribution is -2.30. The molecule has 1 saturated carbocycles. The summed E-state index contributed by atoms with van der Waals surface area (Å²) < 4.78 is 6.30. The molecule has 1 aromatic rings. The van der Waals surface area contributed by atoms with Gasteiger partial charge in [-0.3, -0.25) is 0 Å². The van der Waals surface area contributed by atoms with Crippen molar-refractivity contribution in [1.29, 1.82) is 0 Å². The molecule has 1 aliphatic heterocycles. The molecule has 1 N–H and O–H groups in total. The van der Waals surface area contributed by atoms with Crippen LogP contribution in [-0.4, -0.2) is 18.2 Å². The summed E-state index contributed by atoms with van der Waals surface area (Å²) in [7, 11) is 0. The van der Waals surface area contributed by atoms with E-state index in [2.05, 4.69) is 36.5 Å². The number of benzene rings is 1. The fraction of sp³-hybridized carbons (Fsp3) is 0.647. The topological polar surface area (TPSA) is 21.3 Å². The Morgan fingerprint density at radius 1 is 1.16 bits per heavy atom. The monoisotopic (exact) mass is 259 g/mol. The highest BCUT2D eigenvalue weighted by Gasteiger charge is 2.41. The molecule has 0 aromatic heterocycles. The van der Waals surface area contributed by atoms with Gasteiger partial charge in [0.1, 0.15) is 0 Å². The molecule has 2 nitrogen and oxygen atoms in total. The highest BCUT2D eigenvalue weighted by atomic mass is 16.5. The van der Waals surface area contributed by atoms with Crippen molar-refractivity contribution in [2.24, 2.45) is 0 Å². The largest absolute Gasteiger partial charge is 0.370 e. The third kappa shape index (κ3) is 3.18. The fourth-order valence-electron chi connectivity index (χ4n) is 3.51. The molecule has 2 aliphatic rings. The predicted octanol–water partition coefficient (Wildman–Crippen LogP) is 3.58. The molecule has 0 radical (unpaired) electrons. The van der Waals surface area contributed by atoms with Gasteiger partial charge in [-0.05, 0) is 38.2 Å². The van der Waals surface area contributed by atoms with Crippen molar-refractivity contribution in [2.75, 3.05) is 6.54 Å². The van der Waals surface area contributed by atoms with E-state index in [4.69, 9.17) is 4.74 Å². The van der Waals surface area contributed by atoms with E-state index < -0.39 is 0 Å². The smallest absolute Gasteiger partial charge is 0.0708 e. The minimum absolute atomic E-state index is 0.274. The zero-order valence-electron chi connectivity index (χ0n) is 12.0. The van der Waals surface area contributed by atoms with E-state index >= 15 is 0 Å². The predicted molar refractivity (Wildman–Crippen MR) is 78.2 cm³/mol. The zero-order chi connectivity index (χ0) is 13.1. The Morgan fingerprint density at radius 3 is 2.63 bits per heavy atom. The SMILES string of the molecule is Cc1ccc(CNCC2CCC3(CCCC3)O2)cc1. The molecule has 19 heavy (non-hydrogen) atoms. The van der Waals surface area contributed by atoms with Gasteiger partial charge in [0.15, 0.2) is 0 Å². The molecule has 1 spiro atoms. The summed E-state index contributed by atoms with van der Waals surface area (Å²) >= 11 is 0. The van der Waals surface area contributed by atoms with Crippen LogP contribution in [0.4, 0.5) is 0 Å². The van der Waals surface area contributed by atoms with Gasteiger partial charge in [-0.2, -0.15) is 0 Å². The van der Waals surface area contributed by atoms with Crippen LogP contribution in [-0.2, 0) is 11.3 Å². The average molecular weight is 259 g/mol. The first-order valence-electron chi connectivity index (χ1n) is 7.70. The number of hydrogen-bond donors (Lipinski definition) is 1. The summed E-state index contributed by atoms with van der Waals surface area (Å²) in [6.07, 6.45) is 8.27. The summed E-state index contributed by atoms with van der Waals surface area (Å²) in [5.74, 6) is 0. The average Bonchev–Trinajstić information content (AvgIpc) is 3.03. The summed E-state index contributed by atoms with van der Waals surface area (Å²) in [4.78, 5) is 0. The third-order valence-corrected chi connectivity index (χ3v) is 4.68. The van der Waals surface area contributed by atoms with E-state index in [0.717, 1.165) is 13.1 Å². The number of nitrogens with one attached hydrogen (secondary N) is 1. The van der Waals surface area contributed by atoms with Crippen molar-refractivity contribution < 1.29 is 4.74 Å². The van der Waals surface area contributed by atoms with Crippen LogP contribution in [0, 0.1) is 6.92 Å². The molecule has 0 amide bonds. The Kier molecular flexibility index (Phi) is 3.90. The van der Waals surface area contributed by atoms with Crippen molar-refractivity contribution >= 4 is 0 Å². The van der Waals surface area contributed by atoms with Crippen molar-refractivity contribution in [2.45, 2.75) is 63.7 Å². The second-order valence-corrected chi connectivity index (χ2v) is 6.29. The summed E-state index contributed by atoms with van der Waals surface area (Å²) in [6.45, 7) is 4.08. The molecule has 1 unspecified atom stereocenters. The second kappa shape index (κ2) is 5.64. The maximum absolute atomic E-state index is 6.30. The van der Waals surface area contributed by atoms with Gasteiger partial charge in [0.2, 0.25) is 0 Å². The van der Waals surface area contributed by atoms with Crippen LogP contribution < -0.4 is 5.32 Å². The molecule has 0 bridgehead atoms. The molecule has 1 aliphatic carbocycles. The van der Waals surface area contributed by atoms with E-state index in [1.54, 1.807) is 0 Å². The first-order chi connectivity index (χ1) is 9.26. The van der Waals surface area contributed by atoms with Gasteiger partial charge in [0.05, 0.1) is 11.7 Å². The molecule has 1 atom stereocenters. The van der Waals surface area contributed by atoms with E-state index in [1.165, 1.54) is 49.7 Å². The standard InChI is InChI=1S/C17H25NO/c1-14-4-6-15(7-5-14)12-18-13-16-8-11-17(19-16)9-2-3-10-17/h4-7,16,18H,2-3,8-13H2,1H3. The normalized spacial score (nSPS) is 25.2. The van der Waals surface area contributed by atoms with Gasteiger partial charge in [-0.25, -0.2) is 0 Å². The van der Waals surface area contributed by atoms with E-state index in [0.29, 0.717) is 6.10 Å². The zero-order valence-corrected chi connectivity index (χ0v) is 12.0. The molecule has 1 aromatic carbocycles. The number of ether oxygens (including phenoxy) is 1. The lowest BCUT2D eigenvalue weighted by atomic mass is 9.98. The van der Waals surface area contributed by atoms with Crippen LogP contribution in [0.25, 0.3) is 0 Å². The Balaban J connectivity index is 1.42. The quantitative estimate of drug-likeness (QED) is 0.892. The fourth-order valence-corrected chi connectivity index (χ4v) is 3.51. The van der Waals surface area contributed by atoms with Crippen LogP contribution >= 0.6 is 0 Å². The Hall–Kier alpha value is -0.860. The Bertz CT molecular complexity index is 406. The van der Waals surface area contributed by atoms with Gasteiger partial charge < -0.3 is 10.1 Å². The number of aryl methyl sites for hydroxylation is 1. The highest BCUT2D eigenvalue weighted by Crippen LogP contribution is 2.43. The van der Waals surface area contributed by atoms with Crippen molar-refractivity contribution in [3.63, 3.8) is 0 Å². The van der Waals surface area contributed by atoms with Crippen LogP contribution in [0.15, 0.2) is 24.3 Å². The Morgan fingerprint density at radius 2 is 1.89 bits per heavy atom. The molecule has 1 saturated heterocycles. The molecule has 1 heterocycles. The van der Waals surface area contributed by atoms with Gasteiger partial charge in [0, 0.05) is 13.1 Å². The van der Waals surface area contributed by atoms with Crippen LogP contribution in [0.5, 0.6) is 0 Å². The van der Waals surface area contributed by atoms with E-state index in [9.17, 15) is 0 Å². The van der Waals surface area contributed by atoms with Crippen LogP contribution in [0.3, 0.4) is 0 Å². The maximum Gasteiger partial charge on any atom is 0.0708 e. The molecule has 3 rings (SSSR count). The van der Waals surface area contributed by atoms with Crippen LogP contribution in [0.2, 0.25) is 0 Å². The lowest BCUT2D eigenvalue weighted by molar-refractivity contribution is -0.0351. The lowest BCUT2D eigenvalue weighted by Gasteiger charge is -2.23. The van der Waals surface area contributed by atoms with Gasteiger partial charge in [0.25, 0.3) is 0 Å². The minimum Gasteiger partial charge on any atom is -0.370 e. The third-order valence-electron chi connectivity index (χ3n) is 4.68. The highest BCUT2D eigenvalue weighted by molar-refractivity contribution is 5.21. The summed E-state index contributed by atoms with van der Waals surface area (Å²) in [5, 5.41) is 3.54. The molecule has 104 valence electrons. The minimum atomic E-state index is 0.274. The molecular formula is C17H25NO. The second-order valence-electron chi connectivity index (χ2n) is 6.29. The molecule has 2 fully saturated rings. The van der Waals surface area contributed by atoms with Crippen molar-refractivity contribution in [3.8, 4) is 0 Å². The van der Waals surface area contributed by atoms with E-state index in [-0.39, 0.29) is 5.60 Å².